The molecule has 0 saturated heterocycles. The van der Waals surface area contributed by atoms with Gasteiger partial charge in [-0.15, -0.1) is 0 Å². The topological polar surface area (TPSA) is 22.8 Å². The van der Waals surface area contributed by atoms with Gasteiger partial charge in [0.15, 0.2) is 0 Å². The largest absolute Gasteiger partial charge is 0.350 e. The van der Waals surface area contributed by atoms with Crippen molar-refractivity contribution in [1.82, 2.24) is 14.1 Å². The van der Waals surface area contributed by atoms with E-state index in [1.54, 1.807) is 0 Å². The van der Waals surface area contributed by atoms with E-state index in [4.69, 9.17) is 0 Å². The maximum atomic E-state index is 4.24. The van der Waals surface area contributed by atoms with Crippen LogP contribution in [0.5, 0.6) is 0 Å². The van der Waals surface area contributed by atoms with E-state index in [1.165, 1.54) is 38.5 Å². The number of benzene rings is 2. The standard InChI is InChI=1S/C24H21N3/c1-26-15-20(18-7-3-5-9-22(18)26)24(17-11-13-25-14-12-17)21-16-27(2)23-10-6-4-8-19(21)23/h3-16,24H,1-2H3. The molecular formula is C24H21N3. The first-order chi connectivity index (χ1) is 13.2. The summed E-state index contributed by atoms with van der Waals surface area (Å²) in [6, 6.07) is 21.5. The van der Waals surface area contributed by atoms with Crippen molar-refractivity contribution in [2.75, 3.05) is 0 Å². The van der Waals surface area contributed by atoms with Crippen LogP contribution in [0.4, 0.5) is 0 Å². The zero-order valence-corrected chi connectivity index (χ0v) is 15.5. The zero-order chi connectivity index (χ0) is 18.4. The van der Waals surface area contributed by atoms with Crippen molar-refractivity contribution in [2.24, 2.45) is 14.1 Å². The second-order valence-electron chi connectivity index (χ2n) is 7.14. The molecule has 0 N–H and O–H groups in total. The fourth-order valence-corrected chi connectivity index (χ4v) is 4.29. The van der Waals surface area contributed by atoms with Crippen LogP contribution in [-0.2, 0) is 14.1 Å². The van der Waals surface area contributed by atoms with Crippen LogP contribution >= 0.6 is 0 Å². The summed E-state index contributed by atoms with van der Waals surface area (Å²) in [6.07, 6.45) is 8.33. The number of hydrogen-bond donors (Lipinski definition) is 0. The summed E-state index contributed by atoms with van der Waals surface area (Å²) in [5, 5.41) is 2.60. The van der Waals surface area contributed by atoms with Gasteiger partial charge in [-0.2, -0.15) is 0 Å². The van der Waals surface area contributed by atoms with E-state index in [0.29, 0.717) is 0 Å². The summed E-state index contributed by atoms with van der Waals surface area (Å²) in [6.45, 7) is 0. The minimum Gasteiger partial charge on any atom is -0.350 e. The van der Waals surface area contributed by atoms with Crippen LogP contribution < -0.4 is 0 Å². The van der Waals surface area contributed by atoms with Crippen molar-refractivity contribution in [3.8, 4) is 0 Å². The van der Waals surface area contributed by atoms with Crippen molar-refractivity contribution in [1.29, 1.82) is 0 Å². The van der Waals surface area contributed by atoms with Gasteiger partial charge in [-0.05, 0) is 41.0 Å². The molecule has 0 spiro atoms. The van der Waals surface area contributed by atoms with Gasteiger partial charge in [0.25, 0.3) is 0 Å². The highest BCUT2D eigenvalue weighted by Gasteiger charge is 2.24. The van der Waals surface area contributed by atoms with Crippen LogP contribution in [0.15, 0.2) is 85.5 Å². The number of aromatic nitrogens is 3. The molecule has 3 nitrogen and oxygen atoms in total. The molecule has 0 atom stereocenters. The Kier molecular flexibility index (Phi) is 3.61. The lowest BCUT2D eigenvalue weighted by atomic mass is 9.85. The van der Waals surface area contributed by atoms with E-state index in [2.05, 4.69) is 101 Å². The second-order valence-corrected chi connectivity index (χ2v) is 7.14. The number of hydrogen-bond acceptors (Lipinski definition) is 1. The lowest BCUT2D eigenvalue weighted by molar-refractivity contribution is 0.910. The Labute approximate surface area is 158 Å². The van der Waals surface area contributed by atoms with Crippen LogP contribution in [0.3, 0.4) is 0 Å². The molecular weight excluding hydrogens is 330 g/mol. The first-order valence-electron chi connectivity index (χ1n) is 9.22. The monoisotopic (exact) mass is 351 g/mol. The Bertz CT molecular complexity index is 1160. The number of rotatable bonds is 3. The maximum absolute atomic E-state index is 4.24. The highest BCUT2D eigenvalue weighted by atomic mass is 14.9. The van der Waals surface area contributed by atoms with E-state index in [0.717, 1.165) is 0 Å². The fourth-order valence-electron chi connectivity index (χ4n) is 4.29. The average molecular weight is 351 g/mol. The van der Waals surface area contributed by atoms with Gasteiger partial charge in [-0.25, -0.2) is 0 Å². The van der Waals surface area contributed by atoms with Crippen LogP contribution in [0.25, 0.3) is 21.8 Å². The SMILES string of the molecule is Cn1cc(C(c2ccncc2)c2cn(C)c3ccccc23)c2ccccc21. The second kappa shape index (κ2) is 6.13. The first-order valence-corrected chi connectivity index (χ1v) is 9.22. The van der Waals surface area contributed by atoms with Gasteiger partial charge in [-0.3, -0.25) is 4.98 Å². The van der Waals surface area contributed by atoms with Gasteiger partial charge < -0.3 is 9.13 Å². The molecule has 3 aromatic heterocycles. The fraction of sp³-hybridized carbons (Fsp3) is 0.125. The van der Waals surface area contributed by atoms with E-state index in [9.17, 15) is 0 Å². The molecule has 2 aromatic carbocycles. The molecule has 132 valence electrons. The Morgan fingerprint density at radius 1 is 0.667 bits per heavy atom. The van der Waals surface area contributed by atoms with Gasteiger partial charge in [-0.1, -0.05) is 36.4 Å². The zero-order valence-electron chi connectivity index (χ0n) is 15.5. The van der Waals surface area contributed by atoms with Crippen LogP contribution in [0.1, 0.15) is 22.6 Å². The number of para-hydroxylation sites is 2. The normalized spacial score (nSPS) is 11.7. The maximum Gasteiger partial charge on any atom is 0.0480 e. The highest BCUT2D eigenvalue weighted by Crippen LogP contribution is 2.40. The minimum absolute atomic E-state index is 0.158. The summed E-state index contributed by atoms with van der Waals surface area (Å²) in [5.74, 6) is 0.158. The van der Waals surface area contributed by atoms with Gasteiger partial charge in [0.1, 0.15) is 0 Å². The summed E-state index contributed by atoms with van der Waals surface area (Å²) in [5.41, 5.74) is 6.43. The average Bonchev–Trinajstić information content (AvgIpc) is 3.22. The number of nitrogens with zero attached hydrogens (tertiary/aromatic N) is 3. The number of aryl methyl sites for hydroxylation is 2. The molecule has 0 radical (unpaired) electrons. The van der Waals surface area contributed by atoms with Crippen molar-refractivity contribution in [2.45, 2.75) is 5.92 Å². The summed E-state index contributed by atoms with van der Waals surface area (Å²) < 4.78 is 4.45. The quantitative estimate of drug-likeness (QED) is 0.435. The molecule has 0 bridgehead atoms. The van der Waals surface area contributed by atoms with Crippen LogP contribution in [0.2, 0.25) is 0 Å². The van der Waals surface area contributed by atoms with E-state index in [1.807, 2.05) is 12.4 Å². The molecule has 0 amide bonds. The third-order valence-corrected chi connectivity index (χ3v) is 5.52. The predicted octanol–water partition coefficient (Wildman–Crippen LogP) is 5.25. The molecule has 5 rings (SSSR count). The molecule has 27 heavy (non-hydrogen) atoms. The van der Waals surface area contributed by atoms with Gasteiger partial charge in [0.05, 0.1) is 0 Å². The van der Waals surface area contributed by atoms with Crippen molar-refractivity contribution in [3.05, 3.63) is 102 Å². The third kappa shape index (κ3) is 2.47. The molecule has 0 aliphatic carbocycles. The number of fused-ring (bicyclic) bond motifs is 2. The molecule has 3 heterocycles. The minimum atomic E-state index is 0.158. The third-order valence-electron chi connectivity index (χ3n) is 5.52. The summed E-state index contributed by atoms with van der Waals surface area (Å²) >= 11 is 0. The van der Waals surface area contributed by atoms with Crippen molar-refractivity contribution < 1.29 is 0 Å². The van der Waals surface area contributed by atoms with Gasteiger partial charge >= 0.3 is 0 Å². The molecule has 0 fully saturated rings. The predicted molar refractivity (Wildman–Crippen MR) is 111 cm³/mol. The molecule has 0 unspecified atom stereocenters. The van der Waals surface area contributed by atoms with Gasteiger partial charge in [0, 0.05) is 66.6 Å². The summed E-state index contributed by atoms with van der Waals surface area (Å²) in [4.78, 5) is 4.24. The number of pyridine rings is 1. The van der Waals surface area contributed by atoms with E-state index < -0.39 is 0 Å². The smallest absolute Gasteiger partial charge is 0.0480 e. The molecule has 3 heteroatoms. The lowest BCUT2D eigenvalue weighted by Gasteiger charge is -2.17. The Hall–Kier alpha value is -3.33. The van der Waals surface area contributed by atoms with Crippen LogP contribution in [0, 0.1) is 0 Å². The molecule has 0 saturated carbocycles. The first kappa shape index (κ1) is 15.9. The molecule has 0 aliphatic heterocycles. The van der Waals surface area contributed by atoms with Gasteiger partial charge in [0.2, 0.25) is 0 Å². The molecule has 0 aliphatic rings. The lowest BCUT2D eigenvalue weighted by Crippen LogP contribution is -2.03. The van der Waals surface area contributed by atoms with Crippen LogP contribution in [-0.4, -0.2) is 14.1 Å². The van der Waals surface area contributed by atoms with E-state index in [-0.39, 0.29) is 5.92 Å². The Balaban J connectivity index is 1.85. The Morgan fingerprint density at radius 2 is 1.15 bits per heavy atom. The van der Waals surface area contributed by atoms with Crippen molar-refractivity contribution in [3.63, 3.8) is 0 Å². The molecule has 5 aromatic rings. The van der Waals surface area contributed by atoms with E-state index >= 15 is 0 Å². The summed E-state index contributed by atoms with van der Waals surface area (Å²) in [7, 11) is 4.25. The Morgan fingerprint density at radius 3 is 1.67 bits per heavy atom. The highest BCUT2D eigenvalue weighted by molar-refractivity contribution is 5.89. The van der Waals surface area contributed by atoms with Crippen molar-refractivity contribution >= 4 is 21.8 Å².